The molecule has 7 nitrogen and oxygen atoms in total. The van der Waals surface area contributed by atoms with E-state index in [-0.39, 0.29) is 5.91 Å². The van der Waals surface area contributed by atoms with Gasteiger partial charge in [0.15, 0.2) is 0 Å². The van der Waals surface area contributed by atoms with E-state index in [4.69, 9.17) is 0 Å². The molecular weight excluding hydrogens is 304 g/mol. The Kier molecular flexibility index (Phi) is 4.71. The molecule has 0 spiro atoms. The monoisotopic (exact) mass is 320 g/mol. The minimum Gasteiger partial charge on any atom is -0.326 e. The highest BCUT2D eigenvalue weighted by molar-refractivity contribution is 5.88. The van der Waals surface area contributed by atoms with Crippen molar-refractivity contribution in [2.24, 2.45) is 10.2 Å². The molecule has 0 aliphatic rings. The van der Waals surface area contributed by atoms with Gasteiger partial charge in [0.25, 0.3) is 0 Å². The standard InChI is InChI=1S/C17H16N6O/c1-13(24)18-15-7-9-16(10-8-15)19-20-17-12-23(22-21-17)11-14-5-3-2-4-6-14/h2-10,12H,11H2,1H3,(H,18,24). The van der Waals surface area contributed by atoms with Gasteiger partial charge in [0.2, 0.25) is 11.7 Å². The Labute approximate surface area is 139 Å². The molecule has 3 aromatic rings. The summed E-state index contributed by atoms with van der Waals surface area (Å²) in [5.74, 6) is 0.330. The lowest BCUT2D eigenvalue weighted by Crippen LogP contribution is -2.04. The second-order valence-corrected chi connectivity index (χ2v) is 5.19. The van der Waals surface area contributed by atoms with Crippen molar-refractivity contribution in [3.05, 3.63) is 66.4 Å². The van der Waals surface area contributed by atoms with Crippen LogP contribution in [-0.2, 0) is 11.3 Å². The van der Waals surface area contributed by atoms with Crippen LogP contribution in [-0.4, -0.2) is 20.9 Å². The van der Waals surface area contributed by atoms with E-state index >= 15 is 0 Å². The molecule has 0 unspecified atom stereocenters. The summed E-state index contributed by atoms with van der Waals surface area (Å²) in [6, 6.07) is 17.1. The first-order valence-electron chi connectivity index (χ1n) is 7.42. The maximum atomic E-state index is 11.0. The third kappa shape index (κ3) is 4.33. The van der Waals surface area contributed by atoms with Gasteiger partial charge in [-0.1, -0.05) is 35.5 Å². The zero-order chi connectivity index (χ0) is 16.8. The number of carbonyl (C=O) groups is 1. The highest BCUT2D eigenvalue weighted by Crippen LogP contribution is 2.19. The summed E-state index contributed by atoms with van der Waals surface area (Å²) in [6.07, 6.45) is 1.74. The van der Waals surface area contributed by atoms with Crippen LogP contribution in [0.2, 0.25) is 0 Å². The van der Waals surface area contributed by atoms with Gasteiger partial charge < -0.3 is 5.32 Å². The summed E-state index contributed by atoms with van der Waals surface area (Å²) >= 11 is 0. The molecule has 1 amide bonds. The molecule has 2 aromatic carbocycles. The number of carbonyl (C=O) groups excluding carboxylic acids is 1. The fourth-order valence-electron chi connectivity index (χ4n) is 2.11. The first-order valence-corrected chi connectivity index (χ1v) is 7.42. The zero-order valence-electron chi connectivity index (χ0n) is 13.1. The molecule has 0 saturated carbocycles. The molecule has 0 aliphatic heterocycles. The molecule has 0 atom stereocenters. The Morgan fingerprint density at radius 3 is 2.54 bits per heavy atom. The number of aromatic nitrogens is 3. The fraction of sp³-hybridized carbons (Fsp3) is 0.118. The van der Waals surface area contributed by atoms with Gasteiger partial charge in [-0.25, -0.2) is 4.68 Å². The smallest absolute Gasteiger partial charge is 0.221 e. The van der Waals surface area contributed by atoms with Gasteiger partial charge >= 0.3 is 0 Å². The van der Waals surface area contributed by atoms with Gasteiger partial charge in [-0.05, 0) is 29.8 Å². The number of hydrogen-bond acceptors (Lipinski definition) is 5. The average molecular weight is 320 g/mol. The number of rotatable bonds is 5. The normalized spacial score (nSPS) is 10.9. The first kappa shape index (κ1) is 15.5. The maximum absolute atomic E-state index is 11.0. The lowest BCUT2D eigenvalue weighted by atomic mass is 10.2. The molecule has 1 N–H and O–H groups in total. The minimum atomic E-state index is -0.112. The van der Waals surface area contributed by atoms with Gasteiger partial charge in [0, 0.05) is 12.6 Å². The highest BCUT2D eigenvalue weighted by atomic mass is 16.1. The third-order valence-corrected chi connectivity index (χ3v) is 3.17. The van der Waals surface area contributed by atoms with Crippen molar-refractivity contribution in [2.75, 3.05) is 5.32 Å². The van der Waals surface area contributed by atoms with Crippen molar-refractivity contribution in [2.45, 2.75) is 13.5 Å². The Morgan fingerprint density at radius 1 is 1.08 bits per heavy atom. The van der Waals surface area contributed by atoms with Gasteiger partial charge in [0.1, 0.15) is 0 Å². The Balaban J connectivity index is 1.63. The average Bonchev–Trinajstić information content (AvgIpc) is 3.02. The van der Waals surface area contributed by atoms with Gasteiger partial charge in [-0.3, -0.25) is 4.79 Å². The number of amides is 1. The second kappa shape index (κ2) is 7.28. The topological polar surface area (TPSA) is 84.5 Å². The van der Waals surface area contributed by atoms with Crippen molar-refractivity contribution in [3.63, 3.8) is 0 Å². The van der Waals surface area contributed by atoms with E-state index in [1.165, 1.54) is 6.92 Å². The van der Waals surface area contributed by atoms with E-state index in [0.29, 0.717) is 18.1 Å². The minimum absolute atomic E-state index is 0.112. The van der Waals surface area contributed by atoms with E-state index < -0.39 is 0 Å². The lowest BCUT2D eigenvalue weighted by molar-refractivity contribution is -0.114. The molecule has 0 saturated heterocycles. The molecule has 1 aromatic heterocycles. The number of nitrogens with one attached hydrogen (secondary N) is 1. The number of hydrogen-bond donors (Lipinski definition) is 1. The van der Waals surface area contributed by atoms with E-state index in [1.54, 1.807) is 35.1 Å². The fourth-order valence-corrected chi connectivity index (χ4v) is 2.11. The molecule has 0 radical (unpaired) electrons. The SMILES string of the molecule is CC(=O)Nc1ccc(N=Nc2cn(Cc3ccccc3)nn2)cc1. The van der Waals surface area contributed by atoms with Crippen molar-refractivity contribution in [1.29, 1.82) is 0 Å². The van der Waals surface area contributed by atoms with Gasteiger partial charge in [-0.15, -0.1) is 15.3 Å². The molecular formula is C17H16N6O. The molecule has 0 fully saturated rings. The Morgan fingerprint density at radius 2 is 1.83 bits per heavy atom. The number of azo groups is 1. The summed E-state index contributed by atoms with van der Waals surface area (Å²) in [7, 11) is 0. The number of benzene rings is 2. The van der Waals surface area contributed by atoms with Crippen molar-refractivity contribution >= 4 is 23.1 Å². The summed E-state index contributed by atoms with van der Waals surface area (Å²) < 4.78 is 1.71. The number of nitrogens with zero attached hydrogens (tertiary/aromatic N) is 5. The van der Waals surface area contributed by atoms with Crippen molar-refractivity contribution in [1.82, 2.24) is 15.0 Å². The molecule has 3 rings (SSSR count). The van der Waals surface area contributed by atoms with Crippen LogP contribution in [0, 0.1) is 0 Å². The van der Waals surface area contributed by atoms with Crippen LogP contribution in [0.25, 0.3) is 0 Å². The van der Waals surface area contributed by atoms with Crippen LogP contribution in [0.3, 0.4) is 0 Å². The highest BCUT2D eigenvalue weighted by Gasteiger charge is 2.01. The second-order valence-electron chi connectivity index (χ2n) is 5.19. The predicted molar refractivity (Wildman–Crippen MR) is 90.5 cm³/mol. The van der Waals surface area contributed by atoms with Crippen molar-refractivity contribution in [3.8, 4) is 0 Å². The Hall–Kier alpha value is -3.35. The van der Waals surface area contributed by atoms with Crippen LogP contribution in [0.1, 0.15) is 12.5 Å². The lowest BCUT2D eigenvalue weighted by Gasteiger charge is -2.00. The quantitative estimate of drug-likeness (QED) is 0.727. The van der Waals surface area contributed by atoms with Crippen LogP contribution < -0.4 is 5.32 Å². The van der Waals surface area contributed by atoms with Crippen LogP contribution in [0.4, 0.5) is 17.2 Å². The van der Waals surface area contributed by atoms with E-state index in [1.807, 2.05) is 30.3 Å². The summed E-state index contributed by atoms with van der Waals surface area (Å²) in [6.45, 7) is 2.10. The summed E-state index contributed by atoms with van der Waals surface area (Å²) in [5, 5.41) is 18.9. The summed E-state index contributed by atoms with van der Waals surface area (Å²) in [4.78, 5) is 11.0. The molecule has 0 aliphatic carbocycles. The van der Waals surface area contributed by atoms with Crippen LogP contribution in [0.15, 0.2) is 71.0 Å². The Bertz CT molecular complexity index is 839. The maximum Gasteiger partial charge on any atom is 0.221 e. The van der Waals surface area contributed by atoms with E-state index in [9.17, 15) is 4.79 Å². The largest absolute Gasteiger partial charge is 0.326 e. The molecule has 0 bridgehead atoms. The third-order valence-electron chi connectivity index (χ3n) is 3.17. The summed E-state index contributed by atoms with van der Waals surface area (Å²) in [5.41, 5.74) is 2.52. The zero-order valence-corrected chi connectivity index (χ0v) is 13.1. The van der Waals surface area contributed by atoms with E-state index in [0.717, 1.165) is 11.3 Å². The van der Waals surface area contributed by atoms with Crippen LogP contribution >= 0.6 is 0 Å². The van der Waals surface area contributed by atoms with Gasteiger partial charge in [-0.2, -0.15) is 0 Å². The molecule has 1 heterocycles. The predicted octanol–water partition coefficient (Wildman–Crippen LogP) is 3.70. The molecule has 120 valence electrons. The van der Waals surface area contributed by atoms with E-state index in [2.05, 4.69) is 25.9 Å². The first-order chi connectivity index (χ1) is 11.7. The van der Waals surface area contributed by atoms with Crippen molar-refractivity contribution < 1.29 is 4.79 Å². The molecule has 24 heavy (non-hydrogen) atoms. The molecule has 7 heteroatoms. The van der Waals surface area contributed by atoms with Crippen LogP contribution in [0.5, 0.6) is 0 Å². The van der Waals surface area contributed by atoms with Gasteiger partial charge in [0.05, 0.1) is 18.4 Å². The number of anilines is 1.